The minimum atomic E-state index is 0.862. The van der Waals surface area contributed by atoms with Crippen LogP contribution in [-0.4, -0.2) is 26.2 Å². The molecule has 0 radical (unpaired) electrons. The van der Waals surface area contributed by atoms with E-state index >= 15 is 0 Å². The summed E-state index contributed by atoms with van der Waals surface area (Å²) in [4.78, 5) is 0. The minimum Gasteiger partial charge on any atom is -0.317 e. The zero-order valence-electron chi connectivity index (χ0n) is 10.4. The van der Waals surface area contributed by atoms with Crippen LogP contribution in [-0.2, 0) is 0 Å². The topological polar surface area (TPSA) is 24.1 Å². The lowest BCUT2D eigenvalue weighted by Gasteiger charge is -2.22. The third kappa shape index (κ3) is 4.72. The summed E-state index contributed by atoms with van der Waals surface area (Å²) in [6, 6.07) is 10.4. The summed E-state index contributed by atoms with van der Waals surface area (Å²) in [5.74, 6) is 0.862. The summed E-state index contributed by atoms with van der Waals surface area (Å²) in [6.45, 7) is 4.50. The highest BCUT2D eigenvalue weighted by Crippen LogP contribution is 2.09. The Bertz CT molecular complexity index is 326. The monoisotopic (exact) mass is 230 g/mol. The molecule has 0 unspecified atom stereocenters. The van der Waals surface area contributed by atoms with E-state index < -0.39 is 0 Å². The third-order valence-electron chi connectivity index (χ3n) is 3.26. The van der Waals surface area contributed by atoms with Crippen LogP contribution in [0, 0.1) is 5.92 Å². The zero-order valence-corrected chi connectivity index (χ0v) is 10.4. The zero-order chi connectivity index (χ0) is 11.8. The number of hydrogen-bond acceptors (Lipinski definition) is 2. The Morgan fingerprint density at radius 3 is 2.71 bits per heavy atom. The summed E-state index contributed by atoms with van der Waals surface area (Å²) in [5.41, 5.74) is 1.27. The Hall–Kier alpha value is -1.12. The second kappa shape index (κ2) is 7.25. The van der Waals surface area contributed by atoms with Gasteiger partial charge >= 0.3 is 0 Å². The van der Waals surface area contributed by atoms with Crippen molar-refractivity contribution in [1.82, 2.24) is 10.6 Å². The highest BCUT2D eigenvalue weighted by Gasteiger charge is 2.11. The van der Waals surface area contributed by atoms with Gasteiger partial charge in [-0.15, -0.1) is 0 Å². The van der Waals surface area contributed by atoms with E-state index in [0.717, 1.165) is 19.0 Å². The number of nitrogens with one attached hydrogen (secondary N) is 2. The van der Waals surface area contributed by atoms with Gasteiger partial charge in [0.15, 0.2) is 0 Å². The van der Waals surface area contributed by atoms with E-state index in [4.69, 9.17) is 0 Å². The van der Waals surface area contributed by atoms with Gasteiger partial charge in [0.1, 0.15) is 0 Å². The lowest BCUT2D eigenvalue weighted by atomic mass is 9.98. The molecule has 0 spiro atoms. The normalized spacial score (nSPS) is 17.6. The molecule has 2 rings (SSSR count). The van der Waals surface area contributed by atoms with E-state index in [9.17, 15) is 0 Å². The van der Waals surface area contributed by atoms with Crippen molar-refractivity contribution in [3.05, 3.63) is 42.0 Å². The molecule has 2 heteroatoms. The van der Waals surface area contributed by atoms with Gasteiger partial charge in [-0.2, -0.15) is 0 Å². The molecular formula is C15H22N2. The van der Waals surface area contributed by atoms with E-state index in [-0.39, 0.29) is 0 Å². The average molecular weight is 230 g/mol. The molecule has 17 heavy (non-hydrogen) atoms. The van der Waals surface area contributed by atoms with Gasteiger partial charge in [-0.05, 0) is 44.0 Å². The first-order chi connectivity index (χ1) is 8.45. The van der Waals surface area contributed by atoms with Crippen LogP contribution in [0.2, 0.25) is 0 Å². The van der Waals surface area contributed by atoms with Crippen molar-refractivity contribution in [1.29, 1.82) is 0 Å². The molecule has 0 amide bonds. The fraction of sp³-hybridized carbons (Fsp3) is 0.467. The van der Waals surface area contributed by atoms with Crippen LogP contribution >= 0.6 is 0 Å². The van der Waals surface area contributed by atoms with E-state index in [1.165, 1.54) is 31.5 Å². The molecule has 0 bridgehead atoms. The van der Waals surface area contributed by atoms with Gasteiger partial charge in [-0.1, -0.05) is 42.5 Å². The molecular weight excluding hydrogens is 208 g/mol. The average Bonchev–Trinajstić information content (AvgIpc) is 2.41. The van der Waals surface area contributed by atoms with Gasteiger partial charge in [0, 0.05) is 6.54 Å². The van der Waals surface area contributed by atoms with Gasteiger partial charge in [-0.3, -0.25) is 0 Å². The molecule has 1 aromatic carbocycles. The molecule has 1 aliphatic heterocycles. The van der Waals surface area contributed by atoms with Crippen molar-refractivity contribution < 1.29 is 0 Å². The van der Waals surface area contributed by atoms with Crippen molar-refractivity contribution in [2.24, 2.45) is 5.92 Å². The molecule has 2 N–H and O–H groups in total. The Kier molecular flexibility index (Phi) is 5.27. The fourth-order valence-corrected chi connectivity index (χ4v) is 2.22. The Labute approximate surface area is 104 Å². The lowest BCUT2D eigenvalue weighted by molar-refractivity contribution is 0.361. The number of piperidine rings is 1. The van der Waals surface area contributed by atoms with Gasteiger partial charge < -0.3 is 10.6 Å². The molecule has 1 fully saturated rings. The van der Waals surface area contributed by atoms with Crippen molar-refractivity contribution >= 4 is 6.08 Å². The largest absolute Gasteiger partial charge is 0.317 e. The maximum absolute atomic E-state index is 3.51. The van der Waals surface area contributed by atoms with Crippen LogP contribution in [0.3, 0.4) is 0 Å². The molecule has 1 heterocycles. The highest BCUT2D eigenvalue weighted by atomic mass is 14.9. The molecule has 1 saturated heterocycles. The Morgan fingerprint density at radius 1 is 1.18 bits per heavy atom. The van der Waals surface area contributed by atoms with Crippen LogP contribution in [0.15, 0.2) is 36.4 Å². The van der Waals surface area contributed by atoms with Gasteiger partial charge in [0.05, 0.1) is 0 Å². The third-order valence-corrected chi connectivity index (χ3v) is 3.26. The van der Waals surface area contributed by atoms with Crippen LogP contribution in [0.1, 0.15) is 18.4 Å². The highest BCUT2D eigenvalue weighted by molar-refractivity contribution is 5.48. The molecule has 0 aliphatic carbocycles. The first kappa shape index (κ1) is 12.3. The minimum absolute atomic E-state index is 0.862. The maximum Gasteiger partial charge on any atom is 0.0138 e. The van der Waals surface area contributed by atoms with Crippen LogP contribution in [0.5, 0.6) is 0 Å². The van der Waals surface area contributed by atoms with Crippen molar-refractivity contribution in [3.63, 3.8) is 0 Å². The molecule has 0 aromatic heterocycles. The Balaban J connectivity index is 1.61. The van der Waals surface area contributed by atoms with Crippen molar-refractivity contribution in [2.75, 3.05) is 26.2 Å². The smallest absolute Gasteiger partial charge is 0.0138 e. The van der Waals surface area contributed by atoms with Gasteiger partial charge in [0.25, 0.3) is 0 Å². The Morgan fingerprint density at radius 2 is 1.94 bits per heavy atom. The van der Waals surface area contributed by atoms with Crippen LogP contribution in [0.4, 0.5) is 0 Å². The molecule has 1 aromatic rings. The first-order valence-corrected chi connectivity index (χ1v) is 6.58. The summed E-state index contributed by atoms with van der Waals surface area (Å²) >= 11 is 0. The molecule has 92 valence electrons. The first-order valence-electron chi connectivity index (χ1n) is 6.58. The molecule has 0 saturated carbocycles. The number of benzene rings is 1. The summed E-state index contributed by atoms with van der Waals surface area (Å²) in [7, 11) is 0. The standard InChI is InChI=1S/C15H22N2/c1-2-5-14(6-3-1)7-4-10-17-13-15-8-11-16-12-9-15/h1-7,15-17H,8-13H2/b7-4-. The quantitative estimate of drug-likeness (QED) is 0.758. The van der Waals surface area contributed by atoms with E-state index in [0.29, 0.717) is 0 Å². The number of hydrogen-bond donors (Lipinski definition) is 2. The van der Waals surface area contributed by atoms with E-state index in [1.807, 2.05) is 6.07 Å². The summed E-state index contributed by atoms with van der Waals surface area (Å²) in [6.07, 6.45) is 7.01. The fourth-order valence-electron chi connectivity index (χ4n) is 2.22. The SMILES string of the molecule is C(=C/c1ccccc1)/CNCC1CCNCC1. The molecule has 1 aliphatic rings. The number of rotatable bonds is 5. The second-order valence-electron chi connectivity index (χ2n) is 4.66. The summed E-state index contributed by atoms with van der Waals surface area (Å²) in [5, 5.41) is 6.91. The predicted octanol–water partition coefficient (Wildman–Crippen LogP) is 2.29. The van der Waals surface area contributed by atoms with E-state index in [2.05, 4.69) is 47.1 Å². The molecule has 2 nitrogen and oxygen atoms in total. The maximum atomic E-state index is 3.51. The van der Waals surface area contributed by atoms with Crippen LogP contribution in [0.25, 0.3) is 6.08 Å². The lowest BCUT2D eigenvalue weighted by Crippen LogP contribution is -2.33. The van der Waals surface area contributed by atoms with Crippen molar-refractivity contribution in [2.45, 2.75) is 12.8 Å². The summed E-state index contributed by atoms with van der Waals surface area (Å²) < 4.78 is 0. The molecule has 0 atom stereocenters. The van der Waals surface area contributed by atoms with Crippen LogP contribution < -0.4 is 10.6 Å². The predicted molar refractivity (Wildman–Crippen MR) is 73.9 cm³/mol. The van der Waals surface area contributed by atoms with Crippen molar-refractivity contribution in [3.8, 4) is 0 Å². The van der Waals surface area contributed by atoms with Gasteiger partial charge in [-0.25, -0.2) is 0 Å². The van der Waals surface area contributed by atoms with E-state index in [1.54, 1.807) is 0 Å². The van der Waals surface area contributed by atoms with Gasteiger partial charge in [0.2, 0.25) is 0 Å². The second-order valence-corrected chi connectivity index (χ2v) is 4.66.